The third-order valence-corrected chi connectivity index (χ3v) is 5.19. The summed E-state index contributed by atoms with van der Waals surface area (Å²) in [5.41, 5.74) is 3.44. The Hall–Kier alpha value is -0.860. The minimum Gasteiger partial charge on any atom is -0.314 e. The SMILES string of the molecule is CCC1(CC)CNCCN1Cc1ccc(C(C)(C)C)cc1. The molecule has 1 aromatic carbocycles. The molecule has 0 atom stereocenters. The minimum atomic E-state index is 0.240. The van der Waals surface area contributed by atoms with Crippen molar-refractivity contribution < 1.29 is 0 Å². The molecule has 1 saturated heterocycles. The Bertz CT molecular complexity index is 438. The Morgan fingerprint density at radius 3 is 2.24 bits per heavy atom. The van der Waals surface area contributed by atoms with Crippen LogP contribution >= 0.6 is 0 Å². The summed E-state index contributed by atoms with van der Waals surface area (Å²) in [6.07, 6.45) is 2.44. The highest BCUT2D eigenvalue weighted by atomic mass is 15.3. The predicted octanol–water partition coefficient (Wildman–Crippen LogP) is 3.95. The highest BCUT2D eigenvalue weighted by Gasteiger charge is 2.35. The molecule has 1 N–H and O–H groups in total. The summed E-state index contributed by atoms with van der Waals surface area (Å²) in [7, 11) is 0. The second kappa shape index (κ2) is 6.50. The summed E-state index contributed by atoms with van der Waals surface area (Å²) in [6, 6.07) is 9.24. The lowest BCUT2D eigenvalue weighted by atomic mass is 9.86. The highest BCUT2D eigenvalue weighted by molar-refractivity contribution is 5.27. The lowest BCUT2D eigenvalue weighted by Crippen LogP contribution is -2.60. The van der Waals surface area contributed by atoms with Gasteiger partial charge in [0.15, 0.2) is 0 Å². The standard InChI is InChI=1S/C19H32N2/c1-6-19(7-2)15-20-12-13-21(19)14-16-8-10-17(11-9-16)18(3,4)5/h8-11,20H,6-7,12-15H2,1-5H3. The summed E-state index contributed by atoms with van der Waals surface area (Å²) in [6.45, 7) is 15.9. The van der Waals surface area contributed by atoms with Gasteiger partial charge in [0.1, 0.15) is 0 Å². The third kappa shape index (κ3) is 3.67. The summed E-state index contributed by atoms with van der Waals surface area (Å²) in [5.74, 6) is 0. The molecule has 1 aliphatic rings. The first kappa shape index (κ1) is 16.5. The molecule has 0 unspecified atom stereocenters. The van der Waals surface area contributed by atoms with Crippen molar-refractivity contribution in [1.82, 2.24) is 10.2 Å². The lowest BCUT2D eigenvalue weighted by molar-refractivity contribution is 0.0447. The van der Waals surface area contributed by atoms with Crippen molar-refractivity contribution in [2.24, 2.45) is 0 Å². The van der Waals surface area contributed by atoms with Gasteiger partial charge in [0, 0.05) is 31.7 Å². The lowest BCUT2D eigenvalue weighted by Gasteiger charge is -2.47. The number of nitrogens with one attached hydrogen (secondary N) is 1. The Balaban J connectivity index is 2.12. The average molecular weight is 288 g/mol. The van der Waals surface area contributed by atoms with E-state index in [-0.39, 0.29) is 5.41 Å². The predicted molar refractivity (Wildman–Crippen MR) is 91.7 cm³/mol. The van der Waals surface area contributed by atoms with Crippen molar-refractivity contribution in [3.63, 3.8) is 0 Å². The average Bonchev–Trinajstić information content (AvgIpc) is 2.48. The first-order valence-corrected chi connectivity index (χ1v) is 8.46. The zero-order valence-corrected chi connectivity index (χ0v) is 14.5. The van der Waals surface area contributed by atoms with Gasteiger partial charge in [-0.15, -0.1) is 0 Å². The molecule has 21 heavy (non-hydrogen) atoms. The second-order valence-electron chi connectivity index (χ2n) is 7.48. The van der Waals surface area contributed by atoms with Crippen LogP contribution < -0.4 is 5.32 Å². The monoisotopic (exact) mass is 288 g/mol. The van der Waals surface area contributed by atoms with Crippen molar-refractivity contribution in [3.05, 3.63) is 35.4 Å². The van der Waals surface area contributed by atoms with Crippen LogP contribution in [0.1, 0.15) is 58.6 Å². The molecule has 2 nitrogen and oxygen atoms in total. The molecule has 2 heteroatoms. The molecule has 1 fully saturated rings. The zero-order chi connectivity index (χ0) is 15.5. The van der Waals surface area contributed by atoms with E-state index >= 15 is 0 Å². The summed E-state index contributed by atoms with van der Waals surface area (Å²) in [5, 5.41) is 3.58. The minimum absolute atomic E-state index is 0.240. The van der Waals surface area contributed by atoms with E-state index in [1.165, 1.54) is 24.0 Å². The first-order valence-electron chi connectivity index (χ1n) is 8.46. The maximum Gasteiger partial charge on any atom is 0.0332 e. The molecule has 0 saturated carbocycles. The van der Waals surface area contributed by atoms with Crippen molar-refractivity contribution in [2.45, 2.75) is 65.0 Å². The maximum absolute atomic E-state index is 3.58. The number of nitrogens with zero attached hydrogens (tertiary/aromatic N) is 1. The van der Waals surface area contributed by atoms with Gasteiger partial charge >= 0.3 is 0 Å². The van der Waals surface area contributed by atoms with Gasteiger partial charge in [-0.3, -0.25) is 4.90 Å². The molecular weight excluding hydrogens is 256 g/mol. The van der Waals surface area contributed by atoms with E-state index in [0.29, 0.717) is 5.54 Å². The van der Waals surface area contributed by atoms with Crippen molar-refractivity contribution in [3.8, 4) is 0 Å². The number of rotatable bonds is 4. The molecule has 0 bridgehead atoms. The van der Waals surface area contributed by atoms with E-state index in [9.17, 15) is 0 Å². The molecule has 0 amide bonds. The van der Waals surface area contributed by atoms with Gasteiger partial charge in [-0.05, 0) is 29.4 Å². The van der Waals surface area contributed by atoms with Crippen molar-refractivity contribution in [1.29, 1.82) is 0 Å². The number of benzene rings is 1. The molecule has 2 rings (SSSR count). The number of hydrogen-bond acceptors (Lipinski definition) is 2. The fourth-order valence-corrected chi connectivity index (χ4v) is 3.41. The van der Waals surface area contributed by atoms with Gasteiger partial charge in [-0.1, -0.05) is 58.9 Å². The molecule has 1 aromatic rings. The van der Waals surface area contributed by atoms with Crippen LogP contribution in [0.5, 0.6) is 0 Å². The largest absolute Gasteiger partial charge is 0.314 e. The first-order chi connectivity index (χ1) is 9.91. The van der Waals surface area contributed by atoms with Gasteiger partial charge in [0.25, 0.3) is 0 Å². The number of piperazine rings is 1. The van der Waals surface area contributed by atoms with Crippen LogP contribution in [-0.4, -0.2) is 30.1 Å². The molecule has 0 spiro atoms. The van der Waals surface area contributed by atoms with E-state index in [4.69, 9.17) is 0 Å². The second-order valence-corrected chi connectivity index (χ2v) is 7.48. The quantitative estimate of drug-likeness (QED) is 0.902. The summed E-state index contributed by atoms with van der Waals surface area (Å²) < 4.78 is 0. The van der Waals surface area contributed by atoms with Gasteiger partial charge in [-0.2, -0.15) is 0 Å². The maximum atomic E-state index is 3.58. The van der Waals surface area contributed by atoms with Crippen LogP contribution in [0.2, 0.25) is 0 Å². The molecule has 0 radical (unpaired) electrons. The van der Waals surface area contributed by atoms with E-state index in [2.05, 4.69) is 69.1 Å². The third-order valence-electron chi connectivity index (χ3n) is 5.19. The topological polar surface area (TPSA) is 15.3 Å². The molecule has 1 heterocycles. The Morgan fingerprint density at radius 1 is 1.10 bits per heavy atom. The van der Waals surface area contributed by atoms with E-state index in [0.717, 1.165) is 26.2 Å². The normalized spacial score (nSPS) is 19.7. The van der Waals surface area contributed by atoms with Crippen LogP contribution in [0.25, 0.3) is 0 Å². The fraction of sp³-hybridized carbons (Fsp3) is 0.684. The van der Waals surface area contributed by atoms with Gasteiger partial charge in [0.2, 0.25) is 0 Å². The fourth-order valence-electron chi connectivity index (χ4n) is 3.41. The highest BCUT2D eigenvalue weighted by Crippen LogP contribution is 2.28. The summed E-state index contributed by atoms with van der Waals surface area (Å²) >= 11 is 0. The van der Waals surface area contributed by atoms with Crippen LogP contribution in [0.15, 0.2) is 24.3 Å². The smallest absolute Gasteiger partial charge is 0.0332 e. The van der Waals surface area contributed by atoms with Gasteiger partial charge < -0.3 is 5.32 Å². The molecule has 118 valence electrons. The molecule has 0 aromatic heterocycles. The van der Waals surface area contributed by atoms with Crippen LogP contribution in [0.4, 0.5) is 0 Å². The Kier molecular flexibility index (Phi) is 5.11. The van der Waals surface area contributed by atoms with E-state index in [1.54, 1.807) is 0 Å². The molecular formula is C19H32N2. The van der Waals surface area contributed by atoms with E-state index in [1.807, 2.05) is 0 Å². The molecule has 1 aliphatic heterocycles. The van der Waals surface area contributed by atoms with Crippen LogP contribution in [0, 0.1) is 0 Å². The zero-order valence-electron chi connectivity index (χ0n) is 14.5. The van der Waals surface area contributed by atoms with Crippen molar-refractivity contribution in [2.75, 3.05) is 19.6 Å². The van der Waals surface area contributed by atoms with Gasteiger partial charge in [-0.25, -0.2) is 0 Å². The van der Waals surface area contributed by atoms with Crippen LogP contribution in [-0.2, 0) is 12.0 Å². The Morgan fingerprint density at radius 2 is 1.71 bits per heavy atom. The van der Waals surface area contributed by atoms with Crippen molar-refractivity contribution >= 4 is 0 Å². The Labute approximate surface area is 130 Å². The molecule has 0 aliphatic carbocycles. The van der Waals surface area contributed by atoms with Gasteiger partial charge in [0.05, 0.1) is 0 Å². The summed E-state index contributed by atoms with van der Waals surface area (Å²) in [4.78, 5) is 2.69. The van der Waals surface area contributed by atoms with Crippen LogP contribution in [0.3, 0.4) is 0 Å². The van der Waals surface area contributed by atoms with E-state index < -0.39 is 0 Å². The number of hydrogen-bond donors (Lipinski definition) is 1.